The third kappa shape index (κ3) is 4.51. The summed E-state index contributed by atoms with van der Waals surface area (Å²) in [6, 6.07) is 0. The second-order valence-electron chi connectivity index (χ2n) is 6.63. The first-order valence-electron chi connectivity index (χ1n) is 6.47. The van der Waals surface area contributed by atoms with E-state index in [4.69, 9.17) is 0 Å². The first-order valence-corrected chi connectivity index (χ1v) is 6.47. The molecule has 0 N–H and O–H groups in total. The molecule has 16 heavy (non-hydrogen) atoms. The van der Waals surface area contributed by atoms with Crippen molar-refractivity contribution in [2.75, 3.05) is 0 Å². The standard InChI is InChI=1S/C15H26O/c1-6-7-12(9-13-8-11(13)2)14(16)10-15(3,4)5/h6,11-13H,1,7-10H2,2-5H3. The molecular weight excluding hydrogens is 196 g/mol. The van der Waals surface area contributed by atoms with E-state index in [9.17, 15) is 4.79 Å². The fourth-order valence-electron chi connectivity index (χ4n) is 2.32. The van der Waals surface area contributed by atoms with E-state index in [0.29, 0.717) is 12.2 Å². The number of carbonyl (C=O) groups excluding carboxylic acids is 1. The zero-order chi connectivity index (χ0) is 12.3. The highest BCUT2D eigenvalue weighted by molar-refractivity contribution is 5.81. The van der Waals surface area contributed by atoms with E-state index >= 15 is 0 Å². The zero-order valence-electron chi connectivity index (χ0n) is 11.3. The molecule has 0 aromatic carbocycles. The lowest BCUT2D eigenvalue weighted by Crippen LogP contribution is -2.21. The Morgan fingerprint density at radius 2 is 2.06 bits per heavy atom. The van der Waals surface area contributed by atoms with Gasteiger partial charge in [-0.25, -0.2) is 0 Å². The summed E-state index contributed by atoms with van der Waals surface area (Å²) in [4.78, 5) is 12.2. The summed E-state index contributed by atoms with van der Waals surface area (Å²) in [6.07, 6.45) is 5.86. The molecule has 1 heteroatoms. The third-order valence-corrected chi connectivity index (χ3v) is 3.47. The summed E-state index contributed by atoms with van der Waals surface area (Å²) in [7, 11) is 0. The molecule has 0 spiro atoms. The van der Waals surface area contributed by atoms with Crippen LogP contribution in [0.2, 0.25) is 0 Å². The van der Waals surface area contributed by atoms with Gasteiger partial charge in [0.25, 0.3) is 0 Å². The molecule has 0 amide bonds. The average Bonchev–Trinajstić information content (AvgIpc) is 2.78. The normalized spacial score (nSPS) is 26.2. The molecule has 92 valence electrons. The second kappa shape index (κ2) is 5.16. The summed E-state index contributed by atoms with van der Waals surface area (Å²) < 4.78 is 0. The van der Waals surface area contributed by atoms with E-state index < -0.39 is 0 Å². The average molecular weight is 222 g/mol. The Kier molecular flexibility index (Phi) is 4.35. The number of allylic oxidation sites excluding steroid dienone is 1. The summed E-state index contributed by atoms with van der Waals surface area (Å²) in [5, 5.41) is 0. The molecule has 3 atom stereocenters. The first-order chi connectivity index (χ1) is 7.33. The van der Waals surface area contributed by atoms with Crippen molar-refractivity contribution in [1.82, 2.24) is 0 Å². The topological polar surface area (TPSA) is 17.1 Å². The van der Waals surface area contributed by atoms with Gasteiger partial charge in [-0.2, -0.15) is 0 Å². The maximum atomic E-state index is 12.2. The molecule has 1 fully saturated rings. The van der Waals surface area contributed by atoms with Gasteiger partial charge >= 0.3 is 0 Å². The van der Waals surface area contributed by atoms with Crippen LogP contribution >= 0.6 is 0 Å². The van der Waals surface area contributed by atoms with E-state index in [1.807, 2.05) is 6.08 Å². The van der Waals surface area contributed by atoms with Crippen LogP contribution in [0.1, 0.15) is 53.4 Å². The van der Waals surface area contributed by atoms with Gasteiger partial charge < -0.3 is 0 Å². The molecule has 1 aliphatic carbocycles. The van der Waals surface area contributed by atoms with Gasteiger partial charge in [0.1, 0.15) is 5.78 Å². The first kappa shape index (κ1) is 13.5. The van der Waals surface area contributed by atoms with Crippen LogP contribution < -0.4 is 0 Å². The van der Waals surface area contributed by atoms with Crippen molar-refractivity contribution in [2.45, 2.75) is 53.4 Å². The van der Waals surface area contributed by atoms with Crippen LogP contribution in [0, 0.1) is 23.2 Å². The van der Waals surface area contributed by atoms with E-state index in [1.165, 1.54) is 6.42 Å². The summed E-state index contributed by atoms with van der Waals surface area (Å²) in [5.74, 6) is 2.31. The Hall–Kier alpha value is -0.590. The smallest absolute Gasteiger partial charge is 0.136 e. The molecule has 0 heterocycles. The molecule has 0 aliphatic heterocycles. The summed E-state index contributed by atoms with van der Waals surface area (Å²) >= 11 is 0. The molecule has 1 rings (SSSR count). The SMILES string of the molecule is C=CCC(CC1CC1C)C(=O)CC(C)(C)C. The minimum absolute atomic E-state index is 0.117. The Labute approximate surface area is 100 Å². The van der Waals surface area contributed by atoms with E-state index in [-0.39, 0.29) is 11.3 Å². The van der Waals surface area contributed by atoms with Gasteiger partial charge in [0.2, 0.25) is 0 Å². The van der Waals surface area contributed by atoms with Gasteiger partial charge in [-0.15, -0.1) is 6.58 Å². The number of carbonyl (C=O) groups is 1. The third-order valence-electron chi connectivity index (χ3n) is 3.47. The Bertz CT molecular complexity index is 259. The fraction of sp³-hybridized carbons (Fsp3) is 0.800. The maximum absolute atomic E-state index is 12.2. The van der Waals surface area contributed by atoms with Crippen LogP contribution in [-0.2, 0) is 4.79 Å². The van der Waals surface area contributed by atoms with Crippen LogP contribution in [-0.4, -0.2) is 5.78 Å². The number of ketones is 1. The molecule has 1 aliphatic rings. The van der Waals surface area contributed by atoms with Gasteiger partial charge in [-0.3, -0.25) is 4.79 Å². The highest BCUT2D eigenvalue weighted by Crippen LogP contribution is 2.43. The number of rotatable bonds is 6. The van der Waals surface area contributed by atoms with Crippen LogP contribution in [0.25, 0.3) is 0 Å². The number of hydrogen-bond acceptors (Lipinski definition) is 1. The van der Waals surface area contributed by atoms with Crippen molar-refractivity contribution >= 4 is 5.78 Å². The van der Waals surface area contributed by atoms with E-state index in [1.54, 1.807) is 0 Å². The molecular formula is C15H26O. The van der Waals surface area contributed by atoms with Gasteiger partial charge in [-0.1, -0.05) is 33.8 Å². The fourth-order valence-corrected chi connectivity index (χ4v) is 2.32. The van der Waals surface area contributed by atoms with E-state index in [2.05, 4.69) is 34.3 Å². The Balaban J connectivity index is 2.48. The predicted molar refractivity (Wildman–Crippen MR) is 69.3 cm³/mol. The van der Waals surface area contributed by atoms with E-state index in [0.717, 1.165) is 24.7 Å². The van der Waals surface area contributed by atoms with Crippen molar-refractivity contribution in [1.29, 1.82) is 0 Å². The number of Topliss-reactive ketones (excluding diaryl/α,β-unsaturated/α-hetero) is 1. The quantitative estimate of drug-likeness (QED) is 0.615. The minimum Gasteiger partial charge on any atom is -0.299 e. The van der Waals surface area contributed by atoms with Crippen LogP contribution in [0.5, 0.6) is 0 Å². The van der Waals surface area contributed by atoms with Crippen LogP contribution in [0.4, 0.5) is 0 Å². The molecule has 1 nitrogen and oxygen atoms in total. The molecule has 1 saturated carbocycles. The van der Waals surface area contributed by atoms with Crippen molar-refractivity contribution in [3.8, 4) is 0 Å². The lowest BCUT2D eigenvalue weighted by atomic mass is 9.82. The van der Waals surface area contributed by atoms with Crippen molar-refractivity contribution in [3.63, 3.8) is 0 Å². The van der Waals surface area contributed by atoms with Crippen LogP contribution in [0.15, 0.2) is 12.7 Å². The molecule has 0 aromatic rings. The number of hydrogen-bond donors (Lipinski definition) is 0. The second-order valence-corrected chi connectivity index (χ2v) is 6.63. The molecule has 3 unspecified atom stereocenters. The molecule has 0 bridgehead atoms. The predicted octanol–water partition coefficient (Wildman–Crippen LogP) is 4.23. The monoisotopic (exact) mass is 222 g/mol. The van der Waals surface area contributed by atoms with Gasteiger partial charge in [0, 0.05) is 12.3 Å². The van der Waals surface area contributed by atoms with Crippen LogP contribution in [0.3, 0.4) is 0 Å². The summed E-state index contributed by atoms with van der Waals surface area (Å²) in [5.41, 5.74) is 0.117. The minimum atomic E-state index is 0.117. The van der Waals surface area contributed by atoms with Gasteiger partial charge in [0.05, 0.1) is 0 Å². The largest absolute Gasteiger partial charge is 0.299 e. The molecule has 0 aromatic heterocycles. The highest BCUT2D eigenvalue weighted by atomic mass is 16.1. The Morgan fingerprint density at radius 1 is 1.50 bits per heavy atom. The van der Waals surface area contributed by atoms with Gasteiger partial charge in [-0.05, 0) is 36.5 Å². The van der Waals surface area contributed by atoms with Gasteiger partial charge in [0.15, 0.2) is 0 Å². The van der Waals surface area contributed by atoms with Crippen molar-refractivity contribution in [3.05, 3.63) is 12.7 Å². The zero-order valence-corrected chi connectivity index (χ0v) is 11.3. The lowest BCUT2D eigenvalue weighted by molar-refractivity contribution is -0.124. The van der Waals surface area contributed by atoms with Crippen molar-refractivity contribution < 1.29 is 4.79 Å². The Morgan fingerprint density at radius 3 is 2.44 bits per heavy atom. The maximum Gasteiger partial charge on any atom is 0.136 e. The molecule has 0 saturated heterocycles. The van der Waals surface area contributed by atoms with Crippen molar-refractivity contribution in [2.24, 2.45) is 23.2 Å². The summed E-state index contributed by atoms with van der Waals surface area (Å²) in [6.45, 7) is 12.5. The molecule has 0 radical (unpaired) electrons. The lowest BCUT2D eigenvalue weighted by Gasteiger charge is -2.21. The highest BCUT2D eigenvalue weighted by Gasteiger charge is 2.36.